The van der Waals surface area contributed by atoms with Gasteiger partial charge in [-0.3, -0.25) is 25.0 Å². The number of hydrogen-bond donors (Lipinski definition) is 5. The maximum Gasteiger partial charge on any atom is 0.339 e. The number of aliphatic imine (C=N–C) groups is 1. The molecule has 3 aliphatic rings. The van der Waals surface area contributed by atoms with Gasteiger partial charge in [0.1, 0.15) is 5.57 Å². The number of ketones is 2. The summed E-state index contributed by atoms with van der Waals surface area (Å²) < 4.78 is 32.8. The van der Waals surface area contributed by atoms with Gasteiger partial charge in [0.2, 0.25) is 0 Å². The monoisotopic (exact) mass is 583 g/mol. The average molecular weight is 584 g/mol. The number of para-hydroxylation sites is 1. The molecule has 0 atom stereocenters. The van der Waals surface area contributed by atoms with Crippen LogP contribution in [0.1, 0.15) is 0 Å². The Kier molecular flexibility index (Phi) is 7.60. The lowest BCUT2D eigenvalue weighted by Gasteiger charge is -2.23. The Bertz CT molecular complexity index is 1860. The van der Waals surface area contributed by atoms with Crippen molar-refractivity contribution in [3.8, 4) is 0 Å². The van der Waals surface area contributed by atoms with Gasteiger partial charge >= 0.3 is 5.97 Å². The number of fused-ring (bicyclic) bond motifs is 1. The van der Waals surface area contributed by atoms with E-state index in [4.69, 9.17) is 5.11 Å². The first-order valence-corrected chi connectivity index (χ1v) is 13.7. The van der Waals surface area contributed by atoms with Crippen molar-refractivity contribution in [2.75, 3.05) is 10.9 Å². The van der Waals surface area contributed by atoms with E-state index < -0.39 is 32.6 Å². The van der Waals surface area contributed by atoms with Crippen molar-refractivity contribution < 1.29 is 32.5 Å². The molecule has 42 heavy (non-hydrogen) atoms. The summed E-state index contributed by atoms with van der Waals surface area (Å²) in [5.41, 5.74) is 11.6. The number of carbonyl (C=O) groups is 3. The van der Waals surface area contributed by atoms with Gasteiger partial charge in [0.15, 0.2) is 11.6 Å². The third-order valence-electron chi connectivity index (χ3n) is 6.06. The number of allylic oxidation sites excluding steroid dienone is 9. The lowest BCUT2D eigenvalue weighted by Crippen LogP contribution is -2.31. The number of anilines is 2. The van der Waals surface area contributed by atoms with E-state index in [0.29, 0.717) is 22.8 Å². The molecule has 2 aromatic rings. The second kappa shape index (κ2) is 11.4. The molecule has 0 aliphatic heterocycles. The molecule has 0 spiro atoms. The maximum absolute atomic E-state index is 13.0. The normalized spacial score (nSPS) is 18.4. The topological polar surface area (TPSA) is 187 Å². The fraction of sp³-hybridized carbons (Fsp3) is 0. The van der Waals surface area contributed by atoms with Crippen molar-refractivity contribution in [2.45, 2.75) is 0 Å². The highest BCUT2D eigenvalue weighted by atomic mass is 32.2. The molecule has 5 rings (SSSR count). The second-order valence-corrected chi connectivity index (χ2v) is 10.4. The highest BCUT2D eigenvalue weighted by Gasteiger charge is 2.29. The highest BCUT2D eigenvalue weighted by Crippen LogP contribution is 2.31. The second-order valence-electron chi connectivity index (χ2n) is 8.94. The number of rotatable bonds is 8. The summed E-state index contributed by atoms with van der Waals surface area (Å²) >= 11 is 0. The molecule has 12 nitrogen and oxygen atoms in total. The number of carboxylic acids is 1. The summed E-state index contributed by atoms with van der Waals surface area (Å²) in [6.45, 7) is 0. The number of nitrogens with zero attached hydrogens (tertiary/aromatic N) is 2. The number of carbonyl (C=O) groups excluding carboxylic acids is 2. The van der Waals surface area contributed by atoms with Crippen LogP contribution in [0.3, 0.4) is 0 Å². The van der Waals surface area contributed by atoms with E-state index in [-0.39, 0.29) is 28.1 Å². The van der Waals surface area contributed by atoms with Gasteiger partial charge in [0, 0.05) is 6.08 Å². The fourth-order valence-electron chi connectivity index (χ4n) is 4.05. The highest BCUT2D eigenvalue weighted by molar-refractivity contribution is 7.90. The molecule has 0 saturated carbocycles. The predicted molar refractivity (Wildman–Crippen MR) is 157 cm³/mol. The van der Waals surface area contributed by atoms with Crippen LogP contribution in [-0.4, -0.2) is 47.0 Å². The van der Waals surface area contributed by atoms with Gasteiger partial charge in [-0.05, 0) is 72.4 Å². The molecule has 0 saturated heterocycles. The van der Waals surface area contributed by atoms with Crippen LogP contribution in [0.2, 0.25) is 0 Å². The van der Waals surface area contributed by atoms with Crippen molar-refractivity contribution in [1.82, 2.24) is 5.43 Å². The number of aliphatic carboxylic acids is 1. The fourth-order valence-corrected chi connectivity index (χ4v) is 4.58. The number of hydrazone groups is 1. The number of nitrogens with one attached hydrogen (secondary N) is 3. The number of benzene rings is 2. The van der Waals surface area contributed by atoms with Crippen molar-refractivity contribution in [1.29, 1.82) is 0 Å². The van der Waals surface area contributed by atoms with Crippen LogP contribution < -0.4 is 16.3 Å². The molecule has 210 valence electrons. The van der Waals surface area contributed by atoms with E-state index in [1.165, 1.54) is 18.2 Å². The Balaban J connectivity index is 1.37. The molecule has 0 amide bonds. The van der Waals surface area contributed by atoms with Crippen LogP contribution in [0.5, 0.6) is 0 Å². The molecule has 0 aromatic heterocycles. The predicted octanol–water partition coefficient (Wildman–Crippen LogP) is 3.40. The molecule has 2 aromatic carbocycles. The standard InChI is InChI=1S/C29H21N5O7S/c35-25-13-11-21(15-23(25)29(37)38)33-31-19-7-9-20(10-8-19)32-34-28-24(30-18-4-2-1-3-5-18)12-6-17-14-22(42(39,40)41)16-26(36)27(17)28/h1-16,31-32,34H,(H,37,38)(H,39,40,41). The van der Waals surface area contributed by atoms with Crippen LogP contribution in [0.25, 0.3) is 0 Å². The van der Waals surface area contributed by atoms with Crippen molar-refractivity contribution in [3.63, 3.8) is 0 Å². The minimum absolute atomic E-state index is 0.161. The van der Waals surface area contributed by atoms with E-state index in [9.17, 15) is 27.4 Å². The molecule has 0 fully saturated rings. The van der Waals surface area contributed by atoms with Gasteiger partial charge in [-0.1, -0.05) is 24.3 Å². The summed E-state index contributed by atoms with van der Waals surface area (Å²) in [6.07, 6.45) is 8.92. The Morgan fingerprint density at radius 1 is 0.786 bits per heavy atom. The van der Waals surface area contributed by atoms with Gasteiger partial charge < -0.3 is 10.5 Å². The summed E-state index contributed by atoms with van der Waals surface area (Å²) in [4.78, 5) is 40.0. The van der Waals surface area contributed by atoms with Gasteiger partial charge in [-0.25, -0.2) is 9.79 Å². The lowest BCUT2D eigenvalue weighted by molar-refractivity contribution is -0.134. The van der Waals surface area contributed by atoms with Gasteiger partial charge in [0.25, 0.3) is 10.1 Å². The zero-order valence-corrected chi connectivity index (χ0v) is 22.3. The maximum atomic E-state index is 13.0. The zero-order valence-electron chi connectivity index (χ0n) is 21.5. The third-order valence-corrected chi connectivity index (χ3v) is 6.89. The first kappa shape index (κ1) is 27.9. The van der Waals surface area contributed by atoms with E-state index >= 15 is 0 Å². The number of hydrazine groups is 1. The molecular weight excluding hydrogens is 562 g/mol. The Hall–Kier alpha value is -5.66. The minimum atomic E-state index is -4.59. The minimum Gasteiger partial charge on any atom is -0.478 e. The van der Waals surface area contributed by atoms with E-state index in [0.717, 1.165) is 12.2 Å². The first-order chi connectivity index (χ1) is 20.1. The average Bonchev–Trinajstić information content (AvgIpc) is 2.96. The van der Waals surface area contributed by atoms with Crippen LogP contribution >= 0.6 is 0 Å². The van der Waals surface area contributed by atoms with Crippen molar-refractivity contribution in [2.24, 2.45) is 10.1 Å². The summed E-state index contributed by atoms with van der Waals surface area (Å²) in [7, 11) is -4.59. The summed E-state index contributed by atoms with van der Waals surface area (Å²) in [5, 5.41) is 13.2. The van der Waals surface area contributed by atoms with Crippen LogP contribution in [0.15, 0.2) is 135 Å². The van der Waals surface area contributed by atoms with Crippen LogP contribution in [0, 0.1) is 0 Å². The van der Waals surface area contributed by atoms with E-state index in [1.54, 1.807) is 48.6 Å². The van der Waals surface area contributed by atoms with Gasteiger partial charge in [-0.2, -0.15) is 13.5 Å². The molecule has 13 heteroatoms. The number of carboxylic acid groups (broad SMARTS) is 1. The Morgan fingerprint density at radius 2 is 1.50 bits per heavy atom. The number of hydrogen-bond acceptors (Lipinski definition) is 10. The molecule has 0 radical (unpaired) electrons. The third kappa shape index (κ3) is 6.22. The van der Waals surface area contributed by atoms with Crippen LogP contribution in [0.4, 0.5) is 17.1 Å². The van der Waals surface area contributed by atoms with Crippen molar-refractivity contribution >= 4 is 56.1 Å². The van der Waals surface area contributed by atoms with E-state index in [2.05, 4.69) is 26.4 Å². The lowest BCUT2D eigenvalue weighted by atomic mass is 9.89. The van der Waals surface area contributed by atoms with Gasteiger partial charge in [-0.15, -0.1) is 0 Å². The molecule has 0 bridgehead atoms. The molecule has 5 N–H and O–H groups in total. The smallest absolute Gasteiger partial charge is 0.339 e. The molecular formula is C29H21N5O7S. The van der Waals surface area contributed by atoms with Crippen LogP contribution in [-0.2, 0) is 24.5 Å². The van der Waals surface area contributed by atoms with Crippen molar-refractivity contribution in [3.05, 3.63) is 124 Å². The Morgan fingerprint density at radius 3 is 2.19 bits per heavy atom. The zero-order chi connectivity index (χ0) is 29.9. The van der Waals surface area contributed by atoms with Gasteiger partial charge in [0.05, 0.1) is 44.7 Å². The first-order valence-electron chi connectivity index (χ1n) is 12.2. The molecule has 0 unspecified atom stereocenters. The largest absolute Gasteiger partial charge is 0.478 e. The Labute approximate surface area is 239 Å². The SMILES string of the molecule is O=C(O)C1=CC(=NNc2ccc(NNC3=C4C(=O)C=C(S(=O)(=O)O)C=C4C=CC3=Nc3ccccc3)cc2)C=CC1=O. The summed E-state index contributed by atoms with van der Waals surface area (Å²) in [5.74, 6) is -2.58. The van der Waals surface area contributed by atoms with E-state index in [1.807, 2.05) is 18.2 Å². The quantitative estimate of drug-likeness (QED) is 0.133. The summed E-state index contributed by atoms with van der Waals surface area (Å²) in [6, 6.07) is 15.8. The molecule has 0 heterocycles. The molecule has 3 aliphatic carbocycles.